The molecule has 6 heteroatoms. The van der Waals surface area contributed by atoms with Crippen LogP contribution in [0.15, 0.2) is 24.3 Å². The molecule has 1 atom stereocenters. The molecule has 1 aliphatic heterocycles. The first-order valence-corrected chi connectivity index (χ1v) is 8.61. The second kappa shape index (κ2) is 6.61. The molecule has 2 heterocycles. The summed E-state index contributed by atoms with van der Waals surface area (Å²) in [6, 6.07) is 6.73. The van der Waals surface area contributed by atoms with Crippen LogP contribution in [0.5, 0.6) is 0 Å². The zero-order chi connectivity index (χ0) is 16.5. The first kappa shape index (κ1) is 15.7. The van der Waals surface area contributed by atoms with Crippen LogP contribution in [0.2, 0.25) is 0 Å². The van der Waals surface area contributed by atoms with E-state index in [1.54, 1.807) is 7.11 Å². The second-order valence-corrected chi connectivity index (χ2v) is 7.00. The Morgan fingerprint density at radius 3 is 2.75 bits per heavy atom. The van der Waals surface area contributed by atoms with Crippen LogP contribution in [0.4, 0.5) is 4.39 Å². The lowest BCUT2D eigenvalue weighted by Crippen LogP contribution is -2.36. The molecule has 5 nitrogen and oxygen atoms in total. The molecule has 0 N–H and O–H groups in total. The van der Waals surface area contributed by atoms with E-state index in [-0.39, 0.29) is 11.7 Å². The number of benzene rings is 1. The Labute approximate surface area is 141 Å². The summed E-state index contributed by atoms with van der Waals surface area (Å²) in [4.78, 5) is 2.34. The van der Waals surface area contributed by atoms with Gasteiger partial charge in [-0.05, 0) is 36.5 Å². The van der Waals surface area contributed by atoms with Crippen LogP contribution < -0.4 is 0 Å². The van der Waals surface area contributed by atoms with Crippen LogP contribution in [0.1, 0.15) is 35.7 Å². The molecule has 1 aromatic carbocycles. The maximum atomic E-state index is 13.1. The molecule has 1 saturated carbocycles. The van der Waals surface area contributed by atoms with E-state index >= 15 is 0 Å². The number of rotatable bonds is 6. The molecule has 128 valence electrons. The van der Waals surface area contributed by atoms with Crippen LogP contribution in [-0.4, -0.2) is 40.2 Å². The first-order chi connectivity index (χ1) is 11.7. The SMILES string of the molecule is COC[C@@H]1CN(Cc2ccc(F)cc2)Cc2nnn(CC3CC3)c21. The van der Waals surface area contributed by atoms with Gasteiger partial charge in [0, 0.05) is 39.2 Å². The molecule has 24 heavy (non-hydrogen) atoms. The molecule has 1 aliphatic carbocycles. The topological polar surface area (TPSA) is 43.2 Å². The van der Waals surface area contributed by atoms with Crippen LogP contribution in [0.3, 0.4) is 0 Å². The van der Waals surface area contributed by atoms with Gasteiger partial charge in [0.05, 0.1) is 12.3 Å². The molecule has 0 bridgehead atoms. The van der Waals surface area contributed by atoms with Crippen molar-refractivity contribution < 1.29 is 9.13 Å². The number of fused-ring (bicyclic) bond motifs is 1. The normalized spacial score (nSPS) is 21.0. The van der Waals surface area contributed by atoms with Crippen molar-refractivity contribution >= 4 is 0 Å². The van der Waals surface area contributed by atoms with Crippen LogP contribution in [-0.2, 0) is 24.4 Å². The van der Waals surface area contributed by atoms with Gasteiger partial charge in [-0.3, -0.25) is 4.90 Å². The maximum Gasteiger partial charge on any atom is 0.123 e. The summed E-state index contributed by atoms with van der Waals surface area (Å²) in [5.74, 6) is 0.865. The largest absolute Gasteiger partial charge is 0.384 e. The number of ether oxygens (including phenoxy) is 1. The Balaban J connectivity index is 1.53. The second-order valence-electron chi connectivity index (χ2n) is 7.00. The highest BCUT2D eigenvalue weighted by molar-refractivity contribution is 5.22. The summed E-state index contributed by atoms with van der Waals surface area (Å²) in [7, 11) is 1.74. The van der Waals surface area contributed by atoms with Gasteiger partial charge in [-0.25, -0.2) is 9.07 Å². The number of halogens is 1. The minimum atomic E-state index is -0.194. The van der Waals surface area contributed by atoms with Gasteiger partial charge in [-0.1, -0.05) is 17.3 Å². The highest BCUT2D eigenvalue weighted by Gasteiger charge is 2.32. The van der Waals surface area contributed by atoms with E-state index in [2.05, 4.69) is 19.9 Å². The van der Waals surface area contributed by atoms with Gasteiger partial charge in [0.15, 0.2) is 0 Å². The highest BCUT2D eigenvalue weighted by Crippen LogP contribution is 2.34. The van der Waals surface area contributed by atoms with Crippen molar-refractivity contribution in [3.05, 3.63) is 47.0 Å². The number of methoxy groups -OCH3 is 1. The Hall–Kier alpha value is -1.79. The lowest BCUT2D eigenvalue weighted by Gasteiger charge is -2.32. The minimum absolute atomic E-state index is 0.194. The van der Waals surface area contributed by atoms with E-state index in [1.807, 2.05) is 12.1 Å². The summed E-state index contributed by atoms with van der Waals surface area (Å²) < 4.78 is 20.6. The summed E-state index contributed by atoms with van der Waals surface area (Å²) >= 11 is 0. The standard InChI is InChI=1S/C18H23FN4O/c1-24-12-15-10-22(8-13-4-6-16(19)7-5-13)11-17-18(15)23(21-20-17)9-14-2-3-14/h4-7,14-15H,2-3,8-12H2,1H3/t15-/m0/s1. The van der Waals surface area contributed by atoms with Crippen molar-refractivity contribution in [3.63, 3.8) is 0 Å². The summed E-state index contributed by atoms with van der Waals surface area (Å²) in [6.45, 7) is 4.15. The summed E-state index contributed by atoms with van der Waals surface area (Å²) in [6.07, 6.45) is 2.61. The summed E-state index contributed by atoms with van der Waals surface area (Å²) in [5, 5.41) is 8.83. The molecule has 0 amide bonds. The number of hydrogen-bond donors (Lipinski definition) is 0. The molecule has 0 unspecified atom stereocenters. The third-order valence-electron chi connectivity index (χ3n) is 4.90. The van der Waals surface area contributed by atoms with Gasteiger partial charge >= 0.3 is 0 Å². The van der Waals surface area contributed by atoms with Crippen molar-refractivity contribution in [1.29, 1.82) is 0 Å². The lowest BCUT2D eigenvalue weighted by atomic mass is 9.98. The fourth-order valence-corrected chi connectivity index (χ4v) is 3.57. The number of nitrogens with zero attached hydrogens (tertiary/aromatic N) is 4. The summed E-state index contributed by atoms with van der Waals surface area (Å²) in [5.41, 5.74) is 3.42. The van der Waals surface area contributed by atoms with E-state index in [0.717, 1.165) is 43.4 Å². The molecule has 1 fully saturated rings. The molecule has 2 aromatic rings. The zero-order valence-electron chi connectivity index (χ0n) is 14.0. The fourth-order valence-electron chi connectivity index (χ4n) is 3.57. The first-order valence-electron chi connectivity index (χ1n) is 8.61. The van der Waals surface area contributed by atoms with Crippen molar-refractivity contribution in [2.45, 2.75) is 38.4 Å². The Kier molecular flexibility index (Phi) is 4.33. The Morgan fingerprint density at radius 2 is 2.04 bits per heavy atom. The molecule has 4 rings (SSSR count). The average Bonchev–Trinajstić information content (AvgIpc) is 3.29. The van der Waals surface area contributed by atoms with Gasteiger partial charge in [0.1, 0.15) is 11.5 Å². The Morgan fingerprint density at radius 1 is 1.25 bits per heavy atom. The highest BCUT2D eigenvalue weighted by atomic mass is 19.1. The van der Waals surface area contributed by atoms with Gasteiger partial charge in [-0.2, -0.15) is 0 Å². The minimum Gasteiger partial charge on any atom is -0.384 e. The fraction of sp³-hybridized carbons (Fsp3) is 0.556. The van der Waals surface area contributed by atoms with Crippen LogP contribution >= 0.6 is 0 Å². The Bertz CT molecular complexity index is 696. The van der Waals surface area contributed by atoms with Crippen molar-refractivity contribution in [2.24, 2.45) is 5.92 Å². The molecule has 2 aliphatic rings. The van der Waals surface area contributed by atoms with Gasteiger partial charge in [0.25, 0.3) is 0 Å². The van der Waals surface area contributed by atoms with Gasteiger partial charge < -0.3 is 4.74 Å². The van der Waals surface area contributed by atoms with E-state index in [1.165, 1.54) is 30.7 Å². The lowest BCUT2D eigenvalue weighted by molar-refractivity contribution is 0.131. The van der Waals surface area contributed by atoms with Gasteiger partial charge in [0.2, 0.25) is 0 Å². The third-order valence-corrected chi connectivity index (χ3v) is 4.90. The quantitative estimate of drug-likeness (QED) is 0.816. The zero-order valence-corrected chi connectivity index (χ0v) is 14.0. The maximum absolute atomic E-state index is 13.1. The molecule has 0 spiro atoms. The third kappa shape index (κ3) is 3.35. The van der Waals surface area contributed by atoms with E-state index < -0.39 is 0 Å². The van der Waals surface area contributed by atoms with E-state index in [0.29, 0.717) is 6.61 Å². The van der Waals surface area contributed by atoms with Crippen molar-refractivity contribution in [1.82, 2.24) is 19.9 Å². The van der Waals surface area contributed by atoms with Crippen molar-refractivity contribution in [3.8, 4) is 0 Å². The molecule has 0 saturated heterocycles. The number of hydrogen-bond acceptors (Lipinski definition) is 4. The van der Waals surface area contributed by atoms with E-state index in [4.69, 9.17) is 4.74 Å². The monoisotopic (exact) mass is 330 g/mol. The van der Waals surface area contributed by atoms with Gasteiger partial charge in [-0.15, -0.1) is 5.10 Å². The molecular formula is C18H23FN4O. The molecular weight excluding hydrogens is 307 g/mol. The average molecular weight is 330 g/mol. The van der Waals surface area contributed by atoms with Crippen LogP contribution in [0.25, 0.3) is 0 Å². The predicted molar refractivity (Wildman–Crippen MR) is 87.9 cm³/mol. The number of aromatic nitrogens is 3. The molecule has 1 aromatic heterocycles. The van der Waals surface area contributed by atoms with Crippen LogP contribution in [0, 0.1) is 11.7 Å². The van der Waals surface area contributed by atoms with Crippen molar-refractivity contribution in [2.75, 3.05) is 20.3 Å². The van der Waals surface area contributed by atoms with E-state index in [9.17, 15) is 4.39 Å². The smallest absolute Gasteiger partial charge is 0.123 e. The molecule has 0 radical (unpaired) electrons. The predicted octanol–water partition coefficient (Wildman–Crippen LogP) is 2.57.